The Balaban J connectivity index is 2.44. The molecule has 0 aliphatic heterocycles. The molecular formula is C11H9N3O4. The fourth-order valence-electron chi connectivity index (χ4n) is 1.44. The molecule has 2 aromatic heterocycles. The van der Waals surface area contributed by atoms with Crippen LogP contribution in [0, 0.1) is 0 Å². The van der Waals surface area contributed by atoms with Gasteiger partial charge in [-0.15, -0.1) is 0 Å². The van der Waals surface area contributed by atoms with Crippen molar-refractivity contribution in [3.05, 3.63) is 62.7 Å². The van der Waals surface area contributed by atoms with E-state index < -0.39 is 22.9 Å². The van der Waals surface area contributed by atoms with Gasteiger partial charge in [-0.05, 0) is 12.1 Å². The molecule has 0 aromatic carbocycles. The Morgan fingerprint density at radius 1 is 1.39 bits per heavy atom. The quantitative estimate of drug-likeness (QED) is 0.773. The van der Waals surface area contributed by atoms with Gasteiger partial charge in [-0.2, -0.15) is 0 Å². The number of carboxylic acid groups (broad SMARTS) is 1. The number of pyridine rings is 1. The lowest BCUT2D eigenvalue weighted by molar-refractivity contribution is 0.0689. The molecule has 0 radical (unpaired) electrons. The number of carboxylic acids is 1. The highest BCUT2D eigenvalue weighted by Crippen LogP contribution is 1.94. The van der Waals surface area contributed by atoms with Crippen molar-refractivity contribution in [3.63, 3.8) is 0 Å². The number of aromatic carboxylic acids is 1. The number of aromatic nitrogens is 3. The third kappa shape index (κ3) is 2.34. The number of aromatic amines is 1. The summed E-state index contributed by atoms with van der Waals surface area (Å²) in [6, 6.07) is 5.97. The fraction of sp³-hybridized carbons (Fsp3) is 0.0909. The second-order valence-electron chi connectivity index (χ2n) is 3.54. The normalized spacial score (nSPS) is 10.2. The molecule has 7 nitrogen and oxygen atoms in total. The van der Waals surface area contributed by atoms with Crippen molar-refractivity contribution < 1.29 is 9.90 Å². The van der Waals surface area contributed by atoms with Crippen molar-refractivity contribution in [1.29, 1.82) is 0 Å². The average molecular weight is 247 g/mol. The Bertz CT molecular complexity index is 656. The third-order valence-electron chi connectivity index (χ3n) is 2.30. The average Bonchev–Trinajstić information content (AvgIpc) is 2.34. The van der Waals surface area contributed by atoms with E-state index in [1.807, 2.05) is 0 Å². The molecule has 2 N–H and O–H groups in total. The van der Waals surface area contributed by atoms with Gasteiger partial charge < -0.3 is 10.1 Å². The minimum Gasteiger partial charge on any atom is -0.477 e. The lowest BCUT2D eigenvalue weighted by atomic mass is 10.3. The van der Waals surface area contributed by atoms with Crippen LogP contribution >= 0.6 is 0 Å². The highest BCUT2D eigenvalue weighted by atomic mass is 16.4. The van der Waals surface area contributed by atoms with Gasteiger partial charge in [-0.3, -0.25) is 14.3 Å². The molecule has 7 heteroatoms. The van der Waals surface area contributed by atoms with E-state index in [1.165, 1.54) is 0 Å². The first-order chi connectivity index (χ1) is 8.58. The number of H-pyrrole nitrogens is 1. The molecule has 0 saturated heterocycles. The van der Waals surface area contributed by atoms with Crippen molar-refractivity contribution in [2.24, 2.45) is 0 Å². The van der Waals surface area contributed by atoms with Crippen LogP contribution < -0.4 is 11.2 Å². The Morgan fingerprint density at radius 3 is 2.72 bits per heavy atom. The second-order valence-corrected chi connectivity index (χ2v) is 3.54. The molecule has 92 valence electrons. The van der Waals surface area contributed by atoms with E-state index >= 15 is 0 Å². The molecule has 0 aliphatic rings. The van der Waals surface area contributed by atoms with Crippen LogP contribution in [0.4, 0.5) is 0 Å². The Labute approximate surface area is 100 Å². The molecule has 0 unspecified atom stereocenters. The molecule has 0 bridgehead atoms. The van der Waals surface area contributed by atoms with E-state index in [1.54, 1.807) is 24.4 Å². The maximum Gasteiger partial charge on any atom is 0.352 e. The fourth-order valence-corrected chi connectivity index (χ4v) is 1.44. The monoisotopic (exact) mass is 247 g/mol. The first-order valence-corrected chi connectivity index (χ1v) is 5.05. The minimum atomic E-state index is -1.35. The number of hydrogen-bond acceptors (Lipinski definition) is 4. The lowest BCUT2D eigenvalue weighted by Gasteiger charge is -2.04. The predicted molar refractivity (Wildman–Crippen MR) is 61.6 cm³/mol. The zero-order chi connectivity index (χ0) is 13.1. The number of hydrogen-bond donors (Lipinski definition) is 2. The zero-order valence-electron chi connectivity index (χ0n) is 9.16. The SMILES string of the molecule is O=C(O)c1cc(=O)n(Cc2ccccn2)c(=O)[nH]1. The van der Waals surface area contributed by atoms with Gasteiger partial charge in [0.25, 0.3) is 5.56 Å². The number of nitrogens with one attached hydrogen (secondary N) is 1. The molecule has 18 heavy (non-hydrogen) atoms. The highest BCUT2D eigenvalue weighted by molar-refractivity contribution is 5.84. The summed E-state index contributed by atoms with van der Waals surface area (Å²) in [5.74, 6) is -1.35. The van der Waals surface area contributed by atoms with Crippen molar-refractivity contribution in [2.45, 2.75) is 6.54 Å². The molecule has 2 rings (SSSR count). The summed E-state index contributed by atoms with van der Waals surface area (Å²) in [6.45, 7) is -0.00505. The zero-order valence-corrected chi connectivity index (χ0v) is 9.16. The predicted octanol–water partition coefficient (Wildman–Crippen LogP) is -0.322. The largest absolute Gasteiger partial charge is 0.477 e. The summed E-state index contributed by atoms with van der Waals surface area (Å²) in [5, 5.41) is 8.68. The number of rotatable bonds is 3. The van der Waals surface area contributed by atoms with Gasteiger partial charge in [0, 0.05) is 12.3 Å². The standard InChI is InChI=1S/C11H9N3O4/c15-9-5-8(10(16)17)13-11(18)14(9)6-7-3-1-2-4-12-7/h1-5H,6H2,(H,13,18)(H,16,17). The van der Waals surface area contributed by atoms with Crippen molar-refractivity contribution in [3.8, 4) is 0 Å². The molecular weight excluding hydrogens is 238 g/mol. The number of carbonyl (C=O) groups is 1. The smallest absolute Gasteiger partial charge is 0.352 e. The van der Waals surface area contributed by atoms with Gasteiger partial charge in [0.05, 0.1) is 12.2 Å². The number of nitrogens with zero attached hydrogens (tertiary/aromatic N) is 2. The molecule has 0 atom stereocenters. The van der Waals surface area contributed by atoms with Crippen LogP contribution in [-0.2, 0) is 6.54 Å². The van der Waals surface area contributed by atoms with Crippen molar-refractivity contribution in [2.75, 3.05) is 0 Å². The van der Waals surface area contributed by atoms with Crippen LogP contribution in [-0.4, -0.2) is 25.6 Å². The molecule has 2 aromatic rings. The summed E-state index contributed by atoms with van der Waals surface area (Å²) in [4.78, 5) is 40.0. The molecule has 2 heterocycles. The van der Waals surface area contributed by atoms with Gasteiger partial charge >= 0.3 is 11.7 Å². The van der Waals surface area contributed by atoms with Gasteiger partial charge in [-0.1, -0.05) is 6.07 Å². The van der Waals surface area contributed by atoms with Crippen molar-refractivity contribution >= 4 is 5.97 Å². The molecule has 0 fully saturated rings. The van der Waals surface area contributed by atoms with Crippen LogP contribution in [0.5, 0.6) is 0 Å². The summed E-state index contributed by atoms with van der Waals surface area (Å²) in [5.41, 5.74) is -1.34. The van der Waals surface area contributed by atoms with Crippen LogP contribution in [0.3, 0.4) is 0 Å². The van der Waals surface area contributed by atoms with Crippen LogP contribution in [0.2, 0.25) is 0 Å². The van der Waals surface area contributed by atoms with E-state index in [9.17, 15) is 14.4 Å². The Hall–Kier alpha value is -2.70. The first kappa shape index (κ1) is 11.8. The second kappa shape index (κ2) is 4.66. The van der Waals surface area contributed by atoms with E-state index in [-0.39, 0.29) is 6.54 Å². The third-order valence-corrected chi connectivity index (χ3v) is 2.30. The van der Waals surface area contributed by atoms with Gasteiger partial charge in [-0.25, -0.2) is 9.59 Å². The van der Waals surface area contributed by atoms with E-state index in [0.717, 1.165) is 10.6 Å². The first-order valence-electron chi connectivity index (χ1n) is 5.05. The lowest BCUT2D eigenvalue weighted by Crippen LogP contribution is -2.36. The van der Waals surface area contributed by atoms with Crippen LogP contribution in [0.15, 0.2) is 40.1 Å². The topological polar surface area (TPSA) is 105 Å². The summed E-state index contributed by atoms with van der Waals surface area (Å²) < 4.78 is 0.884. The van der Waals surface area contributed by atoms with Gasteiger partial charge in [0.2, 0.25) is 0 Å². The van der Waals surface area contributed by atoms with E-state index in [2.05, 4.69) is 9.97 Å². The Kier molecular flexibility index (Phi) is 3.05. The van der Waals surface area contributed by atoms with Crippen molar-refractivity contribution in [1.82, 2.24) is 14.5 Å². The summed E-state index contributed by atoms with van der Waals surface area (Å²) >= 11 is 0. The van der Waals surface area contributed by atoms with E-state index in [0.29, 0.717) is 5.69 Å². The van der Waals surface area contributed by atoms with Crippen LogP contribution in [0.1, 0.15) is 16.2 Å². The molecule has 0 spiro atoms. The summed E-state index contributed by atoms with van der Waals surface area (Å²) in [7, 11) is 0. The van der Waals surface area contributed by atoms with Crippen LogP contribution in [0.25, 0.3) is 0 Å². The maximum atomic E-state index is 11.6. The maximum absolute atomic E-state index is 11.6. The molecule has 0 saturated carbocycles. The highest BCUT2D eigenvalue weighted by Gasteiger charge is 2.09. The Morgan fingerprint density at radius 2 is 2.17 bits per heavy atom. The van der Waals surface area contributed by atoms with E-state index in [4.69, 9.17) is 5.11 Å². The van der Waals surface area contributed by atoms with Gasteiger partial charge in [0.15, 0.2) is 0 Å². The summed E-state index contributed by atoms with van der Waals surface area (Å²) in [6.07, 6.45) is 1.54. The minimum absolute atomic E-state index is 0.00505. The molecule has 0 amide bonds. The molecule has 0 aliphatic carbocycles. The van der Waals surface area contributed by atoms with Gasteiger partial charge in [0.1, 0.15) is 5.69 Å².